The zero-order chi connectivity index (χ0) is 20.6. The highest BCUT2D eigenvalue weighted by Crippen LogP contribution is 2.42. The number of Topliss-reactive ketones (excluding diaryl/α,β-unsaturated/α-hetero) is 1. The Morgan fingerprint density at radius 3 is 2.90 bits per heavy atom. The van der Waals surface area contributed by atoms with Crippen LogP contribution in [0.3, 0.4) is 0 Å². The first kappa shape index (κ1) is 18.8. The Bertz CT molecular complexity index is 1100. The fraction of sp³-hybridized carbons (Fsp3) is 0.238. The zero-order valence-corrected chi connectivity index (χ0v) is 15.6. The molecule has 29 heavy (non-hydrogen) atoms. The Balaban J connectivity index is 1.67. The molecule has 3 heterocycles. The highest BCUT2D eigenvalue weighted by Gasteiger charge is 2.42. The molecule has 1 atom stereocenters. The molecule has 7 nitrogen and oxygen atoms in total. The van der Waals surface area contributed by atoms with Crippen LogP contribution >= 0.6 is 0 Å². The van der Waals surface area contributed by atoms with Crippen LogP contribution in [0.1, 0.15) is 28.5 Å². The summed E-state index contributed by atoms with van der Waals surface area (Å²) in [6.45, 7) is 9.22. The molecule has 0 radical (unpaired) electrons. The number of carbonyl (C=O) groups excluding carboxylic acids is 1. The second-order valence-electron chi connectivity index (χ2n) is 6.95. The Hall–Kier alpha value is -3.57. The summed E-state index contributed by atoms with van der Waals surface area (Å²) in [6.07, 6.45) is 1.39. The predicted molar refractivity (Wildman–Crippen MR) is 103 cm³/mol. The number of halogens is 1. The molecule has 0 unspecified atom stereocenters. The maximum absolute atomic E-state index is 14.8. The van der Waals surface area contributed by atoms with Crippen molar-refractivity contribution in [2.75, 3.05) is 13.2 Å². The molecule has 0 bridgehead atoms. The summed E-state index contributed by atoms with van der Waals surface area (Å²) in [5.41, 5.74) is 6.96. The summed E-state index contributed by atoms with van der Waals surface area (Å²) in [6, 6.07) is 7.49. The summed E-state index contributed by atoms with van der Waals surface area (Å²) in [5.74, 6) is -0.145. The van der Waals surface area contributed by atoms with Gasteiger partial charge in [0.15, 0.2) is 5.78 Å². The number of pyridine rings is 1. The Morgan fingerprint density at radius 2 is 2.17 bits per heavy atom. The van der Waals surface area contributed by atoms with Gasteiger partial charge in [-0.15, -0.1) is 0 Å². The van der Waals surface area contributed by atoms with Crippen molar-refractivity contribution in [3.63, 3.8) is 0 Å². The van der Waals surface area contributed by atoms with E-state index < -0.39 is 11.4 Å². The highest BCUT2D eigenvalue weighted by molar-refractivity contribution is 5.96. The van der Waals surface area contributed by atoms with E-state index in [2.05, 4.69) is 14.8 Å². The molecule has 0 saturated heterocycles. The quantitative estimate of drug-likeness (QED) is 0.638. The number of ketones is 1. The van der Waals surface area contributed by atoms with E-state index in [-0.39, 0.29) is 37.1 Å². The number of rotatable bonds is 4. The van der Waals surface area contributed by atoms with E-state index in [1.807, 2.05) is 0 Å². The third-order valence-electron chi connectivity index (χ3n) is 5.05. The van der Waals surface area contributed by atoms with Crippen molar-refractivity contribution in [3.8, 4) is 0 Å². The number of carbonyl (C=O) groups is 1. The molecule has 0 saturated carbocycles. The van der Waals surface area contributed by atoms with E-state index in [1.54, 1.807) is 19.1 Å². The number of amidine groups is 1. The molecule has 1 aromatic carbocycles. The van der Waals surface area contributed by atoms with E-state index in [4.69, 9.17) is 21.8 Å². The first-order valence-corrected chi connectivity index (χ1v) is 8.90. The first-order chi connectivity index (χ1) is 13.9. The molecular formula is C21H17FN4O3. The number of nitrogens with two attached hydrogens (primary N) is 1. The Kier molecular flexibility index (Phi) is 4.60. The van der Waals surface area contributed by atoms with E-state index in [9.17, 15) is 9.18 Å². The Labute approximate surface area is 166 Å². The van der Waals surface area contributed by atoms with Crippen LogP contribution in [0.2, 0.25) is 0 Å². The van der Waals surface area contributed by atoms with Crippen LogP contribution in [-0.4, -0.2) is 30.0 Å². The zero-order valence-electron chi connectivity index (χ0n) is 15.6. The standard InChI is InChI=1S/C21H17FN4O3/c1-21(15-10-28-11-19(15)29-20(23)26-21)14-7-12(3-5-16(14)22)8-18(27)17-6-4-13(24-2)9-25-17/h3-7,9H,8,10-11H2,1H3,(H2,23,26)/t21-/m1/s1. The minimum Gasteiger partial charge on any atom is -0.428 e. The van der Waals surface area contributed by atoms with Gasteiger partial charge in [0.25, 0.3) is 6.02 Å². The van der Waals surface area contributed by atoms with Crippen molar-refractivity contribution >= 4 is 17.5 Å². The predicted octanol–water partition coefficient (Wildman–Crippen LogP) is 3.04. The minimum atomic E-state index is -1.08. The van der Waals surface area contributed by atoms with Gasteiger partial charge in [-0.3, -0.25) is 9.78 Å². The number of aliphatic imine (C=N–C) groups is 1. The lowest BCUT2D eigenvalue weighted by Crippen LogP contribution is -2.34. The lowest BCUT2D eigenvalue weighted by molar-refractivity contribution is 0.0988. The molecule has 8 heteroatoms. The molecular weight excluding hydrogens is 375 g/mol. The molecule has 2 aliphatic heterocycles. The van der Waals surface area contributed by atoms with E-state index in [0.717, 1.165) is 0 Å². The summed E-state index contributed by atoms with van der Waals surface area (Å²) in [5, 5.41) is 0. The van der Waals surface area contributed by atoms with Gasteiger partial charge in [0.1, 0.15) is 29.4 Å². The normalized spacial score (nSPS) is 20.5. The lowest BCUT2D eigenvalue weighted by atomic mass is 9.83. The number of hydrogen-bond acceptors (Lipinski definition) is 6. The molecule has 0 amide bonds. The minimum absolute atomic E-state index is 0.0336. The number of hydrogen-bond donors (Lipinski definition) is 1. The van der Waals surface area contributed by atoms with Crippen molar-refractivity contribution in [1.82, 2.24) is 4.98 Å². The van der Waals surface area contributed by atoms with Gasteiger partial charge in [-0.05, 0) is 30.7 Å². The second kappa shape index (κ2) is 7.11. The second-order valence-corrected chi connectivity index (χ2v) is 6.95. The third kappa shape index (κ3) is 3.37. The fourth-order valence-electron chi connectivity index (χ4n) is 3.52. The number of nitrogens with zero attached hydrogens (tertiary/aromatic N) is 3. The van der Waals surface area contributed by atoms with Gasteiger partial charge in [-0.25, -0.2) is 14.2 Å². The summed E-state index contributed by atoms with van der Waals surface area (Å²) < 4.78 is 25.6. The SMILES string of the molecule is [C-]#[N+]c1ccc(C(=O)Cc2ccc(F)c([C@@]3(C)N=C(N)OC4=C3COC4)c2)nc1. The average molecular weight is 392 g/mol. The van der Waals surface area contributed by atoms with E-state index in [0.29, 0.717) is 28.1 Å². The van der Waals surface area contributed by atoms with E-state index in [1.165, 1.54) is 24.4 Å². The fourth-order valence-corrected chi connectivity index (χ4v) is 3.52. The molecule has 0 aliphatic carbocycles. The molecule has 1 aromatic heterocycles. The number of ether oxygens (including phenoxy) is 2. The van der Waals surface area contributed by atoms with Gasteiger partial charge in [0, 0.05) is 23.8 Å². The van der Waals surface area contributed by atoms with Crippen molar-refractivity contribution in [2.24, 2.45) is 10.7 Å². The highest BCUT2D eigenvalue weighted by atomic mass is 19.1. The van der Waals surface area contributed by atoms with Crippen LogP contribution < -0.4 is 5.73 Å². The molecule has 2 N–H and O–H groups in total. The van der Waals surface area contributed by atoms with E-state index >= 15 is 0 Å². The molecule has 0 fully saturated rings. The van der Waals surface area contributed by atoms with Crippen molar-refractivity contribution in [3.05, 3.63) is 81.9 Å². The molecule has 2 aromatic rings. The third-order valence-corrected chi connectivity index (χ3v) is 5.05. The maximum Gasteiger partial charge on any atom is 0.288 e. The number of benzene rings is 1. The van der Waals surface area contributed by atoms with Gasteiger partial charge in [0.05, 0.1) is 13.2 Å². The summed E-state index contributed by atoms with van der Waals surface area (Å²) in [7, 11) is 0. The topological polar surface area (TPSA) is 91.2 Å². The lowest BCUT2D eigenvalue weighted by Gasteiger charge is -2.31. The summed E-state index contributed by atoms with van der Waals surface area (Å²) >= 11 is 0. The molecule has 2 aliphatic rings. The van der Waals surface area contributed by atoms with Crippen LogP contribution in [0.25, 0.3) is 4.85 Å². The van der Waals surface area contributed by atoms with Gasteiger partial charge in [0.2, 0.25) is 5.69 Å². The first-order valence-electron chi connectivity index (χ1n) is 8.90. The van der Waals surface area contributed by atoms with Gasteiger partial charge < -0.3 is 15.2 Å². The largest absolute Gasteiger partial charge is 0.428 e. The van der Waals surface area contributed by atoms with Crippen molar-refractivity contribution in [2.45, 2.75) is 18.9 Å². The molecule has 0 spiro atoms. The summed E-state index contributed by atoms with van der Waals surface area (Å²) in [4.78, 5) is 24.2. The van der Waals surface area contributed by atoms with Crippen molar-refractivity contribution < 1.29 is 18.7 Å². The van der Waals surface area contributed by atoms with Crippen LogP contribution in [0.4, 0.5) is 10.1 Å². The van der Waals surface area contributed by atoms with Crippen LogP contribution in [0.5, 0.6) is 0 Å². The van der Waals surface area contributed by atoms with Gasteiger partial charge in [-0.2, -0.15) is 0 Å². The van der Waals surface area contributed by atoms with Crippen LogP contribution in [0, 0.1) is 12.4 Å². The maximum atomic E-state index is 14.8. The van der Waals surface area contributed by atoms with Crippen LogP contribution in [-0.2, 0) is 21.4 Å². The number of aromatic nitrogens is 1. The molecule has 146 valence electrons. The van der Waals surface area contributed by atoms with Gasteiger partial charge >= 0.3 is 0 Å². The smallest absolute Gasteiger partial charge is 0.288 e. The van der Waals surface area contributed by atoms with Crippen LogP contribution in [0.15, 0.2) is 52.9 Å². The van der Waals surface area contributed by atoms with Crippen molar-refractivity contribution in [1.29, 1.82) is 0 Å². The monoisotopic (exact) mass is 392 g/mol. The van der Waals surface area contributed by atoms with Gasteiger partial charge in [-0.1, -0.05) is 12.1 Å². The average Bonchev–Trinajstić information content (AvgIpc) is 3.18. The molecule has 4 rings (SSSR count). The Morgan fingerprint density at radius 1 is 1.34 bits per heavy atom.